The third kappa shape index (κ3) is 1.90. The van der Waals surface area contributed by atoms with Crippen molar-refractivity contribution in [3.05, 3.63) is 0 Å². The van der Waals surface area contributed by atoms with Crippen molar-refractivity contribution in [2.45, 2.75) is 23.4 Å². The van der Waals surface area contributed by atoms with Gasteiger partial charge in [-0.15, -0.1) is 0 Å². The molecule has 0 saturated carbocycles. The molecule has 1 unspecified atom stereocenters. The number of hydrazone groups is 1. The summed E-state index contributed by atoms with van der Waals surface area (Å²) < 4.78 is -1.41. The molecule has 0 aromatic carbocycles. The zero-order valence-corrected chi connectivity index (χ0v) is 9.11. The summed E-state index contributed by atoms with van der Waals surface area (Å²) in [5.74, 6) is 0. The fourth-order valence-corrected chi connectivity index (χ4v) is 1.64. The Morgan fingerprint density at radius 1 is 1.50 bits per heavy atom. The van der Waals surface area contributed by atoms with Gasteiger partial charge < -0.3 is 0 Å². The molecule has 0 spiro atoms. The second kappa shape index (κ2) is 3.48. The molecule has 1 atom stereocenters. The molecule has 12 heavy (non-hydrogen) atoms. The fourth-order valence-electron chi connectivity index (χ4n) is 1.17. The lowest BCUT2D eigenvalue weighted by Crippen LogP contribution is -2.44. The van der Waals surface area contributed by atoms with Crippen LogP contribution < -0.4 is 0 Å². The first kappa shape index (κ1) is 10.2. The van der Waals surface area contributed by atoms with Crippen LogP contribution in [-0.4, -0.2) is 33.4 Å². The van der Waals surface area contributed by atoms with Gasteiger partial charge in [-0.1, -0.05) is 41.7 Å². The van der Waals surface area contributed by atoms with Crippen LogP contribution in [-0.2, 0) is 0 Å². The summed E-state index contributed by atoms with van der Waals surface area (Å²) in [7, 11) is 1.85. The van der Waals surface area contributed by atoms with Crippen LogP contribution in [0.25, 0.3) is 0 Å². The molecule has 6 heteroatoms. The molecule has 0 aliphatic carbocycles. The average Bonchev–Trinajstić information content (AvgIpc) is 2.29. The Kier molecular flexibility index (Phi) is 2.97. The zero-order valence-electron chi connectivity index (χ0n) is 6.84. The van der Waals surface area contributed by atoms with Gasteiger partial charge in [-0.25, -0.2) is 0 Å². The van der Waals surface area contributed by atoms with Crippen LogP contribution >= 0.6 is 34.8 Å². The Balaban J connectivity index is 2.73. The Bertz CT molecular complexity index is 189. The predicted molar refractivity (Wildman–Crippen MR) is 52.5 cm³/mol. The molecule has 0 radical (unpaired) electrons. The predicted octanol–water partition coefficient (Wildman–Crippen LogP) is 2.24. The molecular formula is C6H10Cl3N3. The van der Waals surface area contributed by atoms with Crippen LogP contribution in [0.4, 0.5) is 0 Å². The van der Waals surface area contributed by atoms with E-state index in [9.17, 15) is 0 Å². The monoisotopic (exact) mass is 229 g/mol. The minimum Gasteiger partial charge on any atom is -0.295 e. The van der Waals surface area contributed by atoms with E-state index < -0.39 is 3.92 Å². The van der Waals surface area contributed by atoms with Crippen LogP contribution in [0.2, 0.25) is 0 Å². The van der Waals surface area contributed by atoms with Crippen molar-refractivity contribution in [1.29, 1.82) is 0 Å². The van der Waals surface area contributed by atoms with Gasteiger partial charge in [-0.3, -0.25) is 9.91 Å². The van der Waals surface area contributed by atoms with Gasteiger partial charge in [0.1, 0.15) is 12.5 Å². The molecule has 0 aromatic heterocycles. The Hall–Kier alpha value is 0.140. The highest BCUT2D eigenvalue weighted by atomic mass is 35.6. The van der Waals surface area contributed by atoms with Crippen LogP contribution in [0.1, 0.15) is 13.3 Å². The van der Waals surface area contributed by atoms with Gasteiger partial charge in [0, 0.05) is 7.05 Å². The van der Waals surface area contributed by atoms with Crippen LogP contribution in [0.15, 0.2) is 5.10 Å². The van der Waals surface area contributed by atoms with Crippen molar-refractivity contribution >= 4 is 41.1 Å². The highest BCUT2D eigenvalue weighted by Gasteiger charge is 2.37. The molecule has 1 heterocycles. The maximum absolute atomic E-state index is 5.72. The molecule has 0 saturated heterocycles. The van der Waals surface area contributed by atoms with Gasteiger partial charge in [-0.05, 0) is 6.42 Å². The highest BCUT2D eigenvalue weighted by Crippen LogP contribution is 2.34. The lowest BCUT2D eigenvalue weighted by molar-refractivity contribution is 0.155. The van der Waals surface area contributed by atoms with Crippen LogP contribution in [0.5, 0.6) is 0 Å². The lowest BCUT2D eigenvalue weighted by atomic mass is 10.3. The van der Waals surface area contributed by atoms with Crippen LogP contribution in [0, 0.1) is 0 Å². The van der Waals surface area contributed by atoms with E-state index >= 15 is 0 Å². The van der Waals surface area contributed by atoms with Gasteiger partial charge in [0.25, 0.3) is 3.92 Å². The van der Waals surface area contributed by atoms with Crippen molar-refractivity contribution < 1.29 is 0 Å². The minimum atomic E-state index is -1.41. The summed E-state index contributed by atoms with van der Waals surface area (Å²) >= 11 is 17.2. The van der Waals surface area contributed by atoms with E-state index in [1.165, 1.54) is 0 Å². The summed E-state index contributed by atoms with van der Waals surface area (Å²) in [5.41, 5.74) is 0. The number of nitrogens with zero attached hydrogens (tertiary/aromatic N) is 3. The third-order valence-electron chi connectivity index (χ3n) is 1.77. The van der Waals surface area contributed by atoms with E-state index in [2.05, 4.69) is 5.10 Å². The normalized spacial score (nSPS) is 23.9. The highest BCUT2D eigenvalue weighted by molar-refractivity contribution is 6.67. The molecule has 0 aromatic rings. The Morgan fingerprint density at radius 2 is 2.08 bits per heavy atom. The summed E-state index contributed by atoms with van der Waals surface area (Å²) in [4.78, 5) is 1.59. The van der Waals surface area contributed by atoms with E-state index in [4.69, 9.17) is 34.8 Å². The smallest absolute Gasteiger partial charge is 0.270 e. The first-order chi connectivity index (χ1) is 5.46. The van der Waals surface area contributed by atoms with Crippen molar-refractivity contribution in [3.8, 4) is 0 Å². The van der Waals surface area contributed by atoms with Crippen molar-refractivity contribution in [1.82, 2.24) is 9.91 Å². The molecule has 1 aliphatic heterocycles. The van der Waals surface area contributed by atoms with Gasteiger partial charge in [0.05, 0.1) is 0 Å². The molecular weight excluding hydrogens is 220 g/mol. The topological polar surface area (TPSA) is 18.8 Å². The number of hydrogen-bond donors (Lipinski definition) is 0. The lowest BCUT2D eigenvalue weighted by Gasteiger charge is -2.32. The van der Waals surface area contributed by atoms with E-state index in [0.717, 1.165) is 6.42 Å². The van der Waals surface area contributed by atoms with Crippen molar-refractivity contribution in [2.75, 3.05) is 7.05 Å². The second-order valence-corrected chi connectivity index (χ2v) is 4.79. The molecule has 70 valence electrons. The number of hydrogen-bond acceptors (Lipinski definition) is 3. The Labute approximate surface area is 86.9 Å². The summed E-state index contributed by atoms with van der Waals surface area (Å²) in [6.07, 6.45) is 2.43. The van der Waals surface area contributed by atoms with E-state index in [-0.39, 0.29) is 6.17 Å². The first-order valence-corrected chi connectivity index (χ1v) is 4.72. The molecule has 0 fully saturated rings. The van der Waals surface area contributed by atoms with Gasteiger partial charge in [-0.2, -0.15) is 5.10 Å². The van der Waals surface area contributed by atoms with Gasteiger partial charge >= 0.3 is 0 Å². The standard InChI is InChI=1S/C6H10Cl3N3/c1-3-5-11(2)10-4-12(5)6(7,8)9/h4-5H,3H2,1-2H3. The largest absolute Gasteiger partial charge is 0.295 e. The fraction of sp³-hybridized carbons (Fsp3) is 0.833. The maximum Gasteiger partial charge on any atom is 0.270 e. The van der Waals surface area contributed by atoms with Gasteiger partial charge in [0.15, 0.2) is 0 Å². The second-order valence-electron chi connectivity index (χ2n) is 2.57. The summed E-state index contributed by atoms with van der Waals surface area (Å²) in [5, 5.41) is 5.78. The van der Waals surface area contributed by atoms with Crippen molar-refractivity contribution in [3.63, 3.8) is 0 Å². The minimum absolute atomic E-state index is 0.0394. The number of alkyl halides is 3. The number of halogens is 3. The first-order valence-electron chi connectivity index (χ1n) is 3.59. The quantitative estimate of drug-likeness (QED) is 0.508. The maximum atomic E-state index is 5.72. The molecule has 0 bridgehead atoms. The van der Waals surface area contributed by atoms with E-state index in [1.54, 1.807) is 16.2 Å². The molecule has 0 amide bonds. The van der Waals surface area contributed by atoms with Crippen molar-refractivity contribution in [2.24, 2.45) is 5.10 Å². The Morgan fingerprint density at radius 3 is 2.42 bits per heavy atom. The summed E-state index contributed by atoms with van der Waals surface area (Å²) in [6.45, 7) is 2.01. The zero-order chi connectivity index (χ0) is 9.35. The summed E-state index contributed by atoms with van der Waals surface area (Å²) in [6, 6.07) is 0. The molecule has 1 rings (SSSR count). The van der Waals surface area contributed by atoms with E-state index in [0.29, 0.717) is 0 Å². The molecule has 0 N–H and O–H groups in total. The number of rotatable bonds is 1. The SMILES string of the molecule is CCC1N(C)N=CN1C(Cl)(Cl)Cl. The average molecular weight is 231 g/mol. The third-order valence-corrected chi connectivity index (χ3v) is 2.35. The van der Waals surface area contributed by atoms with Crippen LogP contribution in [0.3, 0.4) is 0 Å². The molecule has 3 nitrogen and oxygen atoms in total. The molecule has 1 aliphatic rings. The van der Waals surface area contributed by atoms with Gasteiger partial charge in [0.2, 0.25) is 0 Å². The van der Waals surface area contributed by atoms with E-state index in [1.807, 2.05) is 14.0 Å².